The van der Waals surface area contributed by atoms with Gasteiger partial charge in [-0.1, -0.05) is 23.7 Å². The van der Waals surface area contributed by atoms with Gasteiger partial charge in [0.15, 0.2) is 0 Å². The maximum absolute atomic E-state index is 11.2. The predicted octanol–water partition coefficient (Wildman–Crippen LogP) is 1.70. The summed E-state index contributed by atoms with van der Waals surface area (Å²) in [6.07, 6.45) is 1.22. The average molecular weight is 227 g/mol. The molecule has 0 aromatic heterocycles. The van der Waals surface area contributed by atoms with Crippen molar-refractivity contribution >= 4 is 17.5 Å². The Balaban J connectivity index is 2.30. The van der Waals surface area contributed by atoms with Crippen LogP contribution in [-0.4, -0.2) is 12.5 Å². The molecule has 0 spiro atoms. The minimum absolute atomic E-state index is 0.0374. The molecule has 15 heavy (non-hydrogen) atoms. The van der Waals surface area contributed by atoms with Crippen molar-refractivity contribution in [3.8, 4) is 0 Å². The third kappa shape index (κ3) is 4.81. The predicted molar refractivity (Wildman–Crippen MR) is 61.6 cm³/mol. The van der Waals surface area contributed by atoms with Gasteiger partial charge in [-0.2, -0.15) is 0 Å². The Kier molecular flexibility index (Phi) is 5.15. The van der Waals surface area contributed by atoms with Crippen LogP contribution in [0.1, 0.15) is 18.4 Å². The molecule has 0 saturated carbocycles. The highest BCUT2D eigenvalue weighted by atomic mass is 35.5. The number of nitrogens with two attached hydrogens (primary N) is 1. The summed E-state index contributed by atoms with van der Waals surface area (Å²) in [5, 5.41) is 3.52. The maximum atomic E-state index is 11.2. The fraction of sp³-hybridized carbons (Fsp3) is 0.364. The van der Waals surface area contributed by atoms with E-state index in [4.69, 9.17) is 17.3 Å². The van der Waals surface area contributed by atoms with Gasteiger partial charge >= 0.3 is 0 Å². The molecule has 0 unspecified atom stereocenters. The number of rotatable bonds is 5. The number of benzene rings is 1. The zero-order valence-corrected chi connectivity index (χ0v) is 9.26. The van der Waals surface area contributed by atoms with Crippen molar-refractivity contribution in [2.24, 2.45) is 5.73 Å². The molecular weight excluding hydrogens is 212 g/mol. The van der Waals surface area contributed by atoms with Gasteiger partial charge in [0, 0.05) is 18.0 Å². The Labute approximate surface area is 94.6 Å². The van der Waals surface area contributed by atoms with Crippen molar-refractivity contribution in [2.75, 3.05) is 6.54 Å². The molecule has 0 saturated heterocycles. The summed E-state index contributed by atoms with van der Waals surface area (Å²) in [7, 11) is 0. The quantitative estimate of drug-likeness (QED) is 0.803. The summed E-state index contributed by atoms with van der Waals surface area (Å²) >= 11 is 5.74. The van der Waals surface area contributed by atoms with Crippen LogP contribution in [0.4, 0.5) is 0 Å². The molecule has 1 amide bonds. The molecule has 3 N–H and O–H groups in total. The fourth-order valence-corrected chi connectivity index (χ4v) is 1.28. The molecule has 0 fully saturated rings. The Morgan fingerprint density at radius 2 is 2.00 bits per heavy atom. The van der Waals surface area contributed by atoms with Crippen LogP contribution in [0, 0.1) is 0 Å². The van der Waals surface area contributed by atoms with E-state index in [1.54, 1.807) is 0 Å². The van der Waals surface area contributed by atoms with E-state index in [1.165, 1.54) is 0 Å². The monoisotopic (exact) mass is 226 g/mol. The molecule has 0 aliphatic carbocycles. The van der Waals surface area contributed by atoms with Gasteiger partial charge in [0.05, 0.1) is 0 Å². The van der Waals surface area contributed by atoms with Crippen molar-refractivity contribution in [1.29, 1.82) is 0 Å². The van der Waals surface area contributed by atoms with E-state index in [-0.39, 0.29) is 5.91 Å². The minimum Gasteiger partial charge on any atom is -0.352 e. The van der Waals surface area contributed by atoms with Crippen LogP contribution in [0.2, 0.25) is 5.02 Å². The summed E-state index contributed by atoms with van der Waals surface area (Å²) in [5.74, 6) is 0.0374. The van der Waals surface area contributed by atoms with Gasteiger partial charge in [-0.15, -0.1) is 0 Å². The zero-order valence-electron chi connectivity index (χ0n) is 8.50. The van der Waals surface area contributed by atoms with Gasteiger partial charge < -0.3 is 11.1 Å². The summed E-state index contributed by atoms with van der Waals surface area (Å²) in [6, 6.07) is 7.41. The van der Waals surface area contributed by atoms with E-state index in [1.807, 2.05) is 24.3 Å². The van der Waals surface area contributed by atoms with Crippen LogP contribution < -0.4 is 11.1 Å². The average Bonchev–Trinajstić information content (AvgIpc) is 2.25. The molecule has 1 aromatic rings. The van der Waals surface area contributed by atoms with Gasteiger partial charge in [-0.05, 0) is 30.7 Å². The highest BCUT2D eigenvalue weighted by Crippen LogP contribution is 2.09. The Bertz CT molecular complexity index is 311. The first kappa shape index (κ1) is 12.0. The molecule has 4 heteroatoms. The van der Waals surface area contributed by atoms with E-state index < -0.39 is 0 Å². The lowest BCUT2D eigenvalue weighted by Gasteiger charge is -2.04. The molecule has 0 aliphatic rings. The number of amides is 1. The van der Waals surface area contributed by atoms with Gasteiger partial charge in [-0.3, -0.25) is 4.79 Å². The highest BCUT2D eigenvalue weighted by Gasteiger charge is 1.99. The van der Waals surface area contributed by atoms with Gasteiger partial charge in [0.2, 0.25) is 5.91 Å². The molecule has 0 aliphatic heterocycles. The molecule has 1 rings (SSSR count). The van der Waals surface area contributed by atoms with Crippen LogP contribution in [0.3, 0.4) is 0 Å². The largest absolute Gasteiger partial charge is 0.352 e. The lowest BCUT2D eigenvalue weighted by molar-refractivity contribution is -0.121. The Morgan fingerprint density at radius 3 is 2.60 bits per heavy atom. The molecule has 82 valence electrons. The first-order valence-corrected chi connectivity index (χ1v) is 5.31. The second-order valence-corrected chi connectivity index (χ2v) is 3.73. The lowest BCUT2D eigenvalue weighted by atomic mass is 10.2. The van der Waals surface area contributed by atoms with Crippen molar-refractivity contribution < 1.29 is 4.79 Å². The second kappa shape index (κ2) is 6.43. The van der Waals surface area contributed by atoms with E-state index in [0.29, 0.717) is 24.5 Å². The van der Waals surface area contributed by atoms with Crippen LogP contribution >= 0.6 is 11.6 Å². The molecule has 3 nitrogen and oxygen atoms in total. The Hall–Kier alpha value is -1.06. The number of carbonyl (C=O) groups is 1. The summed E-state index contributed by atoms with van der Waals surface area (Å²) < 4.78 is 0. The van der Waals surface area contributed by atoms with Crippen molar-refractivity contribution in [3.63, 3.8) is 0 Å². The normalized spacial score (nSPS) is 10.0. The second-order valence-electron chi connectivity index (χ2n) is 3.30. The number of halogens is 1. The van der Waals surface area contributed by atoms with E-state index in [0.717, 1.165) is 12.0 Å². The molecule has 0 radical (unpaired) electrons. The van der Waals surface area contributed by atoms with Crippen molar-refractivity contribution in [1.82, 2.24) is 5.32 Å². The molecule has 0 heterocycles. The fourth-order valence-electron chi connectivity index (χ4n) is 1.15. The third-order valence-electron chi connectivity index (χ3n) is 2.01. The third-order valence-corrected chi connectivity index (χ3v) is 2.26. The number of carbonyl (C=O) groups excluding carboxylic acids is 1. The van der Waals surface area contributed by atoms with Crippen molar-refractivity contribution in [3.05, 3.63) is 34.9 Å². The van der Waals surface area contributed by atoms with Crippen LogP contribution in [0.5, 0.6) is 0 Å². The minimum atomic E-state index is 0.0374. The summed E-state index contributed by atoms with van der Waals surface area (Å²) in [4.78, 5) is 11.2. The standard InChI is InChI=1S/C11H15ClN2O/c12-10-5-3-9(4-6-10)8-14-11(15)2-1-7-13/h3-6H,1-2,7-8,13H2,(H,14,15). The maximum Gasteiger partial charge on any atom is 0.220 e. The summed E-state index contributed by atoms with van der Waals surface area (Å²) in [5.41, 5.74) is 6.35. The smallest absolute Gasteiger partial charge is 0.220 e. The van der Waals surface area contributed by atoms with E-state index >= 15 is 0 Å². The number of hydrogen-bond donors (Lipinski definition) is 2. The lowest BCUT2D eigenvalue weighted by Crippen LogP contribution is -2.23. The molecule has 0 bridgehead atoms. The number of hydrogen-bond acceptors (Lipinski definition) is 2. The SMILES string of the molecule is NCCCC(=O)NCc1ccc(Cl)cc1. The van der Waals surface area contributed by atoms with Crippen molar-refractivity contribution in [2.45, 2.75) is 19.4 Å². The van der Waals surface area contributed by atoms with Gasteiger partial charge in [0.1, 0.15) is 0 Å². The van der Waals surface area contributed by atoms with E-state index in [2.05, 4.69) is 5.32 Å². The summed E-state index contributed by atoms with van der Waals surface area (Å²) in [6.45, 7) is 1.09. The van der Waals surface area contributed by atoms with Crippen LogP contribution in [-0.2, 0) is 11.3 Å². The van der Waals surface area contributed by atoms with Gasteiger partial charge in [-0.25, -0.2) is 0 Å². The molecule has 1 aromatic carbocycles. The topological polar surface area (TPSA) is 55.1 Å². The van der Waals surface area contributed by atoms with Gasteiger partial charge in [0.25, 0.3) is 0 Å². The first-order valence-electron chi connectivity index (χ1n) is 4.93. The van der Waals surface area contributed by atoms with Crippen LogP contribution in [0.15, 0.2) is 24.3 Å². The zero-order chi connectivity index (χ0) is 11.1. The molecule has 0 atom stereocenters. The number of nitrogens with one attached hydrogen (secondary N) is 1. The van der Waals surface area contributed by atoms with E-state index in [9.17, 15) is 4.79 Å². The first-order chi connectivity index (χ1) is 7.22. The van der Waals surface area contributed by atoms with Crippen LogP contribution in [0.25, 0.3) is 0 Å². The highest BCUT2D eigenvalue weighted by molar-refractivity contribution is 6.30. The molecular formula is C11H15ClN2O. The Morgan fingerprint density at radius 1 is 1.33 bits per heavy atom.